The first-order chi connectivity index (χ1) is 10.0. The average Bonchev–Trinajstić information content (AvgIpc) is 3.01. The zero-order chi connectivity index (χ0) is 15.0. The highest BCUT2D eigenvalue weighted by molar-refractivity contribution is 7.12. The second-order valence-corrected chi connectivity index (χ2v) is 7.12. The number of amides is 1. The van der Waals surface area contributed by atoms with E-state index >= 15 is 0 Å². The van der Waals surface area contributed by atoms with Crippen molar-refractivity contribution in [1.29, 1.82) is 0 Å². The van der Waals surface area contributed by atoms with Crippen LogP contribution in [0.15, 0.2) is 30.3 Å². The van der Waals surface area contributed by atoms with Crippen molar-refractivity contribution in [2.45, 2.75) is 39.3 Å². The van der Waals surface area contributed by atoms with Gasteiger partial charge < -0.3 is 10.6 Å². The molecule has 2 N–H and O–H groups in total. The van der Waals surface area contributed by atoms with Gasteiger partial charge in [0.25, 0.3) is 0 Å². The van der Waals surface area contributed by atoms with Gasteiger partial charge in [0.05, 0.1) is 6.04 Å². The molecule has 2 atom stereocenters. The fourth-order valence-corrected chi connectivity index (χ4v) is 3.95. The van der Waals surface area contributed by atoms with Crippen LogP contribution >= 0.6 is 11.3 Å². The quantitative estimate of drug-likeness (QED) is 0.909. The molecule has 21 heavy (non-hydrogen) atoms. The second kappa shape index (κ2) is 5.53. The van der Waals surface area contributed by atoms with Crippen molar-refractivity contribution in [3.05, 3.63) is 51.2 Å². The highest BCUT2D eigenvalue weighted by Gasteiger charge is 2.27. The van der Waals surface area contributed by atoms with E-state index in [4.69, 9.17) is 0 Å². The van der Waals surface area contributed by atoms with Crippen LogP contribution in [0.2, 0.25) is 0 Å². The lowest BCUT2D eigenvalue weighted by atomic mass is 10.1. The number of carbonyl (C=O) groups is 1. The molecule has 0 spiro atoms. The zero-order valence-electron chi connectivity index (χ0n) is 12.6. The summed E-state index contributed by atoms with van der Waals surface area (Å²) in [5.41, 5.74) is 3.52. The first-order valence-electron chi connectivity index (χ1n) is 7.26. The summed E-state index contributed by atoms with van der Waals surface area (Å²) in [5, 5.41) is 6.43. The molecule has 1 aliphatic rings. The number of aryl methyl sites for hydroxylation is 2. The third kappa shape index (κ3) is 2.81. The maximum atomic E-state index is 12.4. The van der Waals surface area contributed by atoms with Crippen LogP contribution in [0.4, 0.5) is 5.69 Å². The Morgan fingerprint density at radius 1 is 1.38 bits per heavy atom. The third-order valence-corrected chi connectivity index (χ3v) is 4.97. The van der Waals surface area contributed by atoms with Crippen molar-refractivity contribution < 1.29 is 4.79 Å². The van der Waals surface area contributed by atoms with Gasteiger partial charge in [-0.1, -0.05) is 18.2 Å². The van der Waals surface area contributed by atoms with Gasteiger partial charge in [-0.05, 0) is 44.0 Å². The molecule has 0 saturated heterocycles. The second-order valence-electron chi connectivity index (χ2n) is 5.66. The standard InChI is InChI=1S/C17H20N2OS/c1-10-8-14(12(3)21-10)11(2)18-17(20)16-9-13-6-4-5-7-15(13)19-16/h4-8,11,16,19H,9H2,1-3H3,(H,18,20)/t11?,16-/m0/s1. The molecule has 3 nitrogen and oxygen atoms in total. The number of hydrogen-bond donors (Lipinski definition) is 2. The zero-order valence-corrected chi connectivity index (χ0v) is 13.4. The normalized spacial score (nSPS) is 18.0. The number of thiophene rings is 1. The number of anilines is 1. The average molecular weight is 300 g/mol. The van der Waals surface area contributed by atoms with Gasteiger partial charge in [-0.25, -0.2) is 0 Å². The molecule has 3 rings (SSSR count). The molecular formula is C17H20N2OS. The van der Waals surface area contributed by atoms with Crippen molar-refractivity contribution in [3.63, 3.8) is 0 Å². The molecule has 1 aromatic heterocycles. The van der Waals surface area contributed by atoms with Crippen molar-refractivity contribution in [1.82, 2.24) is 5.32 Å². The molecule has 1 aromatic carbocycles. The number of hydrogen-bond acceptors (Lipinski definition) is 3. The molecule has 0 saturated carbocycles. The van der Waals surface area contributed by atoms with Gasteiger partial charge in [0.2, 0.25) is 5.91 Å². The summed E-state index contributed by atoms with van der Waals surface area (Å²) in [4.78, 5) is 15.0. The lowest BCUT2D eigenvalue weighted by molar-refractivity contribution is -0.122. The van der Waals surface area contributed by atoms with Gasteiger partial charge >= 0.3 is 0 Å². The van der Waals surface area contributed by atoms with Crippen molar-refractivity contribution in [3.8, 4) is 0 Å². The highest BCUT2D eigenvalue weighted by atomic mass is 32.1. The molecule has 4 heteroatoms. The molecule has 1 amide bonds. The van der Waals surface area contributed by atoms with E-state index in [0.29, 0.717) is 0 Å². The Hall–Kier alpha value is -1.81. The molecular weight excluding hydrogens is 280 g/mol. The van der Waals surface area contributed by atoms with Gasteiger partial charge in [0.15, 0.2) is 0 Å². The van der Waals surface area contributed by atoms with Crippen molar-refractivity contribution in [2.75, 3.05) is 5.32 Å². The Morgan fingerprint density at radius 3 is 2.81 bits per heavy atom. The van der Waals surface area contributed by atoms with Crippen LogP contribution in [0.25, 0.3) is 0 Å². The highest BCUT2D eigenvalue weighted by Crippen LogP contribution is 2.28. The number of para-hydroxylation sites is 1. The Kier molecular flexibility index (Phi) is 3.72. The number of benzene rings is 1. The maximum absolute atomic E-state index is 12.4. The van der Waals surface area contributed by atoms with E-state index in [-0.39, 0.29) is 18.0 Å². The van der Waals surface area contributed by atoms with Crippen LogP contribution in [0.3, 0.4) is 0 Å². The van der Waals surface area contributed by atoms with Crippen LogP contribution in [0, 0.1) is 13.8 Å². The SMILES string of the molecule is Cc1cc(C(C)NC(=O)[C@@H]2Cc3ccccc3N2)c(C)s1. The summed E-state index contributed by atoms with van der Waals surface area (Å²) < 4.78 is 0. The number of fused-ring (bicyclic) bond motifs is 1. The van der Waals surface area contributed by atoms with E-state index < -0.39 is 0 Å². The van der Waals surface area contributed by atoms with Crippen molar-refractivity contribution >= 4 is 22.9 Å². The van der Waals surface area contributed by atoms with E-state index in [0.717, 1.165) is 12.1 Å². The first-order valence-corrected chi connectivity index (χ1v) is 8.08. The van der Waals surface area contributed by atoms with Gasteiger partial charge in [-0.2, -0.15) is 0 Å². The largest absolute Gasteiger partial charge is 0.373 e. The fraction of sp³-hybridized carbons (Fsp3) is 0.353. The molecule has 0 aliphatic carbocycles. The van der Waals surface area contributed by atoms with Crippen molar-refractivity contribution in [2.24, 2.45) is 0 Å². The molecule has 0 fully saturated rings. The van der Waals surface area contributed by atoms with Crippen LogP contribution < -0.4 is 10.6 Å². The Bertz CT molecular complexity index is 652. The topological polar surface area (TPSA) is 41.1 Å². The molecule has 0 bridgehead atoms. The first kappa shape index (κ1) is 14.1. The fourth-order valence-electron chi connectivity index (χ4n) is 2.93. The number of rotatable bonds is 3. The lowest BCUT2D eigenvalue weighted by Crippen LogP contribution is -2.39. The Balaban J connectivity index is 1.67. The summed E-state index contributed by atoms with van der Waals surface area (Å²) in [6.07, 6.45) is 0.760. The monoisotopic (exact) mass is 300 g/mol. The minimum absolute atomic E-state index is 0.0490. The molecule has 110 valence electrons. The molecule has 1 unspecified atom stereocenters. The van der Waals surface area contributed by atoms with Crippen LogP contribution in [-0.4, -0.2) is 11.9 Å². The molecule has 2 heterocycles. The summed E-state index contributed by atoms with van der Waals surface area (Å²) in [6.45, 7) is 6.26. The number of carbonyl (C=O) groups excluding carboxylic acids is 1. The Morgan fingerprint density at radius 2 is 2.14 bits per heavy atom. The van der Waals surface area contributed by atoms with E-state index in [2.05, 4.69) is 43.5 Å². The molecule has 1 aliphatic heterocycles. The van der Waals surface area contributed by atoms with Crippen LogP contribution in [0.5, 0.6) is 0 Å². The van der Waals surface area contributed by atoms with E-state index in [1.165, 1.54) is 20.9 Å². The smallest absolute Gasteiger partial charge is 0.243 e. The third-order valence-electron chi connectivity index (χ3n) is 3.99. The van der Waals surface area contributed by atoms with Gasteiger partial charge in [-0.15, -0.1) is 11.3 Å². The minimum atomic E-state index is -0.162. The van der Waals surface area contributed by atoms with Gasteiger partial charge in [0, 0.05) is 21.9 Å². The maximum Gasteiger partial charge on any atom is 0.243 e. The van der Waals surface area contributed by atoms with Crippen LogP contribution in [0.1, 0.15) is 33.8 Å². The molecule has 2 aromatic rings. The summed E-state index contributed by atoms with van der Waals surface area (Å²) in [6, 6.07) is 10.2. The van der Waals surface area contributed by atoms with Gasteiger partial charge in [-0.3, -0.25) is 4.79 Å². The van der Waals surface area contributed by atoms with Gasteiger partial charge in [0.1, 0.15) is 6.04 Å². The summed E-state index contributed by atoms with van der Waals surface area (Å²) in [5.74, 6) is 0.0713. The predicted octanol–water partition coefficient (Wildman–Crippen LogP) is 3.58. The predicted molar refractivity (Wildman–Crippen MR) is 87.9 cm³/mol. The van der Waals surface area contributed by atoms with Crippen LogP contribution in [-0.2, 0) is 11.2 Å². The summed E-state index contributed by atoms with van der Waals surface area (Å²) in [7, 11) is 0. The van der Waals surface area contributed by atoms with E-state index in [9.17, 15) is 4.79 Å². The molecule has 0 radical (unpaired) electrons. The summed E-state index contributed by atoms with van der Waals surface area (Å²) >= 11 is 1.78. The minimum Gasteiger partial charge on any atom is -0.373 e. The van der Waals surface area contributed by atoms with E-state index in [1.54, 1.807) is 11.3 Å². The number of nitrogens with one attached hydrogen (secondary N) is 2. The lowest BCUT2D eigenvalue weighted by Gasteiger charge is -2.17. The van der Waals surface area contributed by atoms with E-state index in [1.807, 2.05) is 18.2 Å². The Labute approximate surface area is 129 Å².